The topological polar surface area (TPSA) is 88.6 Å². The van der Waals surface area contributed by atoms with E-state index >= 15 is 0 Å². The fourth-order valence-electron chi connectivity index (χ4n) is 3.28. The van der Waals surface area contributed by atoms with Gasteiger partial charge in [-0.1, -0.05) is 12.8 Å². The zero-order chi connectivity index (χ0) is 18.5. The van der Waals surface area contributed by atoms with Gasteiger partial charge in [0.05, 0.1) is 17.2 Å². The number of nitro benzene ring substituents is 1. The van der Waals surface area contributed by atoms with Gasteiger partial charge in [0.25, 0.3) is 11.6 Å². The standard InChI is InChI=1S/C19H23N3O4/c1-14(18-7-6-12-26-18)20-19(23)15-8-9-16(17(13-15)22(24)25)21-10-4-2-3-5-11-21/h6-9,12-14H,2-5,10-11H2,1H3,(H,20,23)/t14-/m1/s1. The van der Waals surface area contributed by atoms with Gasteiger partial charge in [-0.15, -0.1) is 0 Å². The second-order valence-corrected chi connectivity index (χ2v) is 6.57. The van der Waals surface area contributed by atoms with Crippen LogP contribution in [0.5, 0.6) is 0 Å². The van der Waals surface area contributed by atoms with E-state index in [0.29, 0.717) is 11.4 Å². The third-order valence-corrected chi connectivity index (χ3v) is 4.70. The van der Waals surface area contributed by atoms with Crippen LogP contribution in [0.25, 0.3) is 0 Å². The second-order valence-electron chi connectivity index (χ2n) is 6.57. The number of nitrogens with zero attached hydrogens (tertiary/aromatic N) is 2. The lowest BCUT2D eigenvalue weighted by Crippen LogP contribution is -2.27. The Morgan fingerprint density at radius 2 is 1.96 bits per heavy atom. The van der Waals surface area contributed by atoms with Gasteiger partial charge in [0.1, 0.15) is 11.4 Å². The first kappa shape index (κ1) is 18.0. The van der Waals surface area contributed by atoms with Gasteiger partial charge in [0, 0.05) is 24.7 Å². The van der Waals surface area contributed by atoms with E-state index in [1.54, 1.807) is 37.5 Å². The number of hydrogen-bond donors (Lipinski definition) is 1. The number of nitrogens with one attached hydrogen (secondary N) is 1. The lowest BCUT2D eigenvalue weighted by atomic mass is 10.1. The average Bonchev–Trinajstić information content (AvgIpc) is 3.04. The number of furan rings is 1. The molecule has 1 atom stereocenters. The minimum absolute atomic E-state index is 0.0230. The van der Waals surface area contributed by atoms with Crippen molar-refractivity contribution in [2.75, 3.05) is 18.0 Å². The van der Waals surface area contributed by atoms with Crippen molar-refractivity contribution < 1.29 is 14.1 Å². The highest BCUT2D eigenvalue weighted by atomic mass is 16.6. The Bertz CT molecular complexity index is 765. The van der Waals surface area contributed by atoms with E-state index in [0.717, 1.165) is 38.8 Å². The fraction of sp³-hybridized carbons (Fsp3) is 0.421. The average molecular weight is 357 g/mol. The third-order valence-electron chi connectivity index (χ3n) is 4.70. The number of benzene rings is 1. The molecule has 1 N–H and O–H groups in total. The molecule has 2 aromatic rings. The Hall–Kier alpha value is -2.83. The minimum Gasteiger partial charge on any atom is -0.467 e. The largest absolute Gasteiger partial charge is 0.467 e. The number of carbonyl (C=O) groups is 1. The van der Waals surface area contributed by atoms with Gasteiger partial charge >= 0.3 is 0 Å². The molecule has 1 amide bonds. The van der Waals surface area contributed by atoms with Crippen LogP contribution in [0.15, 0.2) is 41.0 Å². The molecule has 0 radical (unpaired) electrons. The van der Waals surface area contributed by atoms with E-state index in [1.165, 1.54) is 6.07 Å². The highest BCUT2D eigenvalue weighted by Crippen LogP contribution is 2.31. The normalized spacial score (nSPS) is 16.0. The van der Waals surface area contributed by atoms with Crippen molar-refractivity contribution in [2.45, 2.75) is 38.6 Å². The van der Waals surface area contributed by atoms with Crippen LogP contribution in [-0.2, 0) is 0 Å². The molecule has 2 heterocycles. The molecule has 7 nitrogen and oxygen atoms in total. The van der Waals surface area contributed by atoms with Gasteiger partial charge in [-0.3, -0.25) is 14.9 Å². The number of amides is 1. The molecule has 1 aliphatic heterocycles. The molecule has 3 rings (SSSR count). The Balaban J connectivity index is 1.81. The first-order chi connectivity index (χ1) is 12.6. The summed E-state index contributed by atoms with van der Waals surface area (Å²) in [4.78, 5) is 25.7. The number of nitro groups is 1. The molecule has 1 aliphatic rings. The third kappa shape index (κ3) is 4.04. The van der Waals surface area contributed by atoms with Crippen LogP contribution >= 0.6 is 0 Å². The summed E-state index contributed by atoms with van der Waals surface area (Å²) in [5.41, 5.74) is 0.839. The van der Waals surface area contributed by atoms with Gasteiger partial charge in [0.2, 0.25) is 0 Å². The molecular formula is C19H23N3O4. The highest BCUT2D eigenvalue weighted by molar-refractivity contribution is 5.96. The number of anilines is 1. The lowest BCUT2D eigenvalue weighted by Gasteiger charge is -2.22. The van der Waals surface area contributed by atoms with Crippen molar-refractivity contribution in [3.8, 4) is 0 Å². The first-order valence-electron chi connectivity index (χ1n) is 8.94. The van der Waals surface area contributed by atoms with Crippen molar-refractivity contribution in [2.24, 2.45) is 0 Å². The molecule has 1 aromatic heterocycles. The van der Waals surface area contributed by atoms with Crippen molar-refractivity contribution in [3.05, 3.63) is 58.0 Å². The minimum atomic E-state index is -0.410. The Morgan fingerprint density at radius 1 is 1.23 bits per heavy atom. The number of hydrogen-bond acceptors (Lipinski definition) is 5. The molecule has 0 spiro atoms. The summed E-state index contributed by atoms with van der Waals surface area (Å²) in [6, 6.07) is 7.91. The fourth-order valence-corrected chi connectivity index (χ4v) is 3.28. The molecule has 138 valence electrons. The van der Waals surface area contributed by atoms with E-state index in [9.17, 15) is 14.9 Å². The SMILES string of the molecule is C[C@@H](NC(=O)c1ccc(N2CCCCCC2)c([N+](=O)[O-])c1)c1ccco1. The zero-order valence-corrected chi connectivity index (χ0v) is 14.8. The van der Waals surface area contributed by atoms with Crippen LogP contribution in [0, 0.1) is 10.1 Å². The van der Waals surface area contributed by atoms with E-state index < -0.39 is 4.92 Å². The van der Waals surface area contributed by atoms with Crippen LogP contribution in [-0.4, -0.2) is 23.9 Å². The predicted molar refractivity (Wildman–Crippen MR) is 98.4 cm³/mol. The second kappa shape index (κ2) is 8.03. The summed E-state index contributed by atoms with van der Waals surface area (Å²) in [5.74, 6) is 0.272. The molecule has 1 aromatic carbocycles. The summed E-state index contributed by atoms with van der Waals surface area (Å²) in [5, 5.41) is 14.4. The molecule has 7 heteroatoms. The molecule has 0 bridgehead atoms. The Morgan fingerprint density at radius 3 is 2.58 bits per heavy atom. The Kier molecular flexibility index (Phi) is 5.55. The predicted octanol–water partition coefficient (Wildman–Crippen LogP) is 4.06. The van der Waals surface area contributed by atoms with Gasteiger partial charge in [-0.2, -0.15) is 0 Å². The smallest absolute Gasteiger partial charge is 0.293 e. The molecule has 0 saturated carbocycles. The summed E-state index contributed by atoms with van der Waals surface area (Å²) in [6.07, 6.45) is 5.89. The van der Waals surface area contributed by atoms with Crippen LogP contribution < -0.4 is 10.2 Å². The maximum absolute atomic E-state index is 12.5. The van der Waals surface area contributed by atoms with Crippen molar-refractivity contribution in [3.63, 3.8) is 0 Å². The number of rotatable bonds is 5. The molecule has 0 unspecified atom stereocenters. The molecular weight excluding hydrogens is 334 g/mol. The molecule has 1 saturated heterocycles. The lowest BCUT2D eigenvalue weighted by molar-refractivity contribution is -0.384. The van der Waals surface area contributed by atoms with Crippen molar-refractivity contribution in [1.82, 2.24) is 5.32 Å². The van der Waals surface area contributed by atoms with Gasteiger partial charge < -0.3 is 14.6 Å². The quantitative estimate of drug-likeness (QED) is 0.644. The van der Waals surface area contributed by atoms with E-state index in [4.69, 9.17) is 4.42 Å². The summed E-state index contributed by atoms with van der Waals surface area (Å²) in [6.45, 7) is 3.42. The summed E-state index contributed by atoms with van der Waals surface area (Å²) < 4.78 is 5.27. The summed E-state index contributed by atoms with van der Waals surface area (Å²) >= 11 is 0. The van der Waals surface area contributed by atoms with Crippen LogP contribution in [0.3, 0.4) is 0 Å². The van der Waals surface area contributed by atoms with Crippen LogP contribution in [0.4, 0.5) is 11.4 Å². The molecule has 26 heavy (non-hydrogen) atoms. The number of carbonyl (C=O) groups excluding carboxylic acids is 1. The maximum atomic E-state index is 12.5. The van der Waals surface area contributed by atoms with Crippen molar-refractivity contribution >= 4 is 17.3 Å². The zero-order valence-electron chi connectivity index (χ0n) is 14.8. The highest BCUT2D eigenvalue weighted by Gasteiger charge is 2.23. The summed E-state index contributed by atoms with van der Waals surface area (Å²) in [7, 11) is 0. The monoisotopic (exact) mass is 357 g/mol. The molecule has 1 fully saturated rings. The van der Waals surface area contributed by atoms with E-state index in [-0.39, 0.29) is 23.2 Å². The van der Waals surface area contributed by atoms with E-state index in [1.807, 2.05) is 0 Å². The maximum Gasteiger partial charge on any atom is 0.293 e. The van der Waals surface area contributed by atoms with E-state index in [2.05, 4.69) is 10.2 Å². The van der Waals surface area contributed by atoms with Crippen LogP contribution in [0.1, 0.15) is 54.8 Å². The van der Waals surface area contributed by atoms with Gasteiger partial charge in [0.15, 0.2) is 0 Å². The van der Waals surface area contributed by atoms with Crippen molar-refractivity contribution in [1.29, 1.82) is 0 Å². The van der Waals surface area contributed by atoms with Crippen LogP contribution in [0.2, 0.25) is 0 Å². The first-order valence-corrected chi connectivity index (χ1v) is 8.94. The Labute approximate surface area is 152 Å². The van der Waals surface area contributed by atoms with Gasteiger partial charge in [-0.05, 0) is 44.0 Å². The molecule has 0 aliphatic carbocycles. The van der Waals surface area contributed by atoms with Gasteiger partial charge in [-0.25, -0.2) is 0 Å².